The summed E-state index contributed by atoms with van der Waals surface area (Å²) in [6, 6.07) is 6.60. The fraction of sp³-hybridized carbons (Fsp3) is 0.0833. The lowest BCUT2D eigenvalue weighted by atomic mass is 10.2. The predicted octanol–water partition coefficient (Wildman–Crippen LogP) is 3.61. The molecule has 2 aromatic rings. The second-order valence-corrected chi connectivity index (χ2v) is 6.93. The smallest absolute Gasteiger partial charge is 0.263 e. The molecule has 0 unspecified atom stereocenters. The molecule has 0 spiro atoms. The largest absolute Gasteiger partial charge is 0.278 e. The standard InChI is InChI=1S/C12H10BrClN2O2S/c1-8-2-3-11(14)12(4-8)16-19(17,18)10-5-9(13)6-15-7-10/h2-7,16H,1H3. The lowest BCUT2D eigenvalue weighted by molar-refractivity contribution is 0.600. The SMILES string of the molecule is Cc1ccc(Cl)c(NS(=O)(=O)c2cncc(Br)c2)c1. The summed E-state index contributed by atoms with van der Waals surface area (Å²) >= 11 is 9.15. The normalized spacial score (nSPS) is 11.3. The molecular formula is C12H10BrClN2O2S. The van der Waals surface area contributed by atoms with Crippen molar-refractivity contribution in [1.29, 1.82) is 0 Å². The van der Waals surface area contributed by atoms with Gasteiger partial charge >= 0.3 is 0 Å². The van der Waals surface area contributed by atoms with Gasteiger partial charge in [0.1, 0.15) is 4.90 Å². The van der Waals surface area contributed by atoms with Gasteiger partial charge in [0.25, 0.3) is 10.0 Å². The van der Waals surface area contributed by atoms with Crippen molar-refractivity contribution in [2.24, 2.45) is 0 Å². The summed E-state index contributed by atoms with van der Waals surface area (Å²) in [4.78, 5) is 3.90. The molecule has 2 rings (SSSR count). The maximum absolute atomic E-state index is 12.2. The topological polar surface area (TPSA) is 59.1 Å². The zero-order valence-electron chi connectivity index (χ0n) is 9.89. The molecule has 0 saturated carbocycles. The van der Waals surface area contributed by atoms with Gasteiger partial charge in [-0.1, -0.05) is 17.7 Å². The molecule has 7 heteroatoms. The third-order valence-corrected chi connectivity index (χ3v) is 4.45. The predicted molar refractivity (Wildman–Crippen MR) is 78.9 cm³/mol. The second-order valence-electron chi connectivity index (χ2n) is 3.93. The van der Waals surface area contributed by atoms with Gasteiger partial charge in [-0.05, 0) is 46.6 Å². The number of sulfonamides is 1. The number of nitrogens with one attached hydrogen (secondary N) is 1. The first kappa shape index (κ1) is 14.3. The molecule has 0 radical (unpaired) electrons. The van der Waals surface area contributed by atoms with Gasteiger partial charge in [-0.3, -0.25) is 9.71 Å². The molecule has 1 aromatic carbocycles. The van der Waals surface area contributed by atoms with E-state index in [1.165, 1.54) is 18.5 Å². The van der Waals surface area contributed by atoms with Gasteiger partial charge in [-0.25, -0.2) is 8.42 Å². The molecule has 0 amide bonds. The van der Waals surface area contributed by atoms with Gasteiger partial charge in [0, 0.05) is 16.9 Å². The summed E-state index contributed by atoms with van der Waals surface area (Å²) in [5.41, 5.74) is 1.26. The Morgan fingerprint density at radius 3 is 2.68 bits per heavy atom. The number of hydrogen-bond acceptors (Lipinski definition) is 3. The van der Waals surface area contributed by atoms with Crippen molar-refractivity contribution in [3.8, 4) is 0 Å². The number of anilines is 1. The van der Waals surface area contributed by atoms with Crippen molar-refractivity contribution >= 4 is 43.2 Å². The Labute approximate surface area is 125 Å². The number of pyridine rings is 1. The van der Waals surface area contributed by atoms with Gasteiger partial charge in [0.05, 0.1) is 10.7 Å². The Kier molecular flexibility index (Phi) is 4.13. The van der Waals surface area contributed by atoms with Crippen molar-refractivity contribution in [2.75, 3.05) is 4.72 Å². The fourth-order valence-electron chi connectivity index (χ4n) is 1.46. The molecule has 0 aliphatic rings. The minimum absolute atomic E-state index is 0.0689. The van der Waals surface area contributed by atoms with Gasteiger partial charge in [0.2, 0.25) is 0 Å². The van der Waals surface area contributed by atoms with Crippen molar-refractivity contribution in [3.63, 3.8) is 0 Å². The number of benzene rings is 1. The summed E-state index contributed by atoms with van der Waals surface area (Å²) in [6.07, 6.45) is 2.79. The van der Waals surface area contributed by atoms with E-state index in [2.05, 4.69) is 25.6 Å². The number of aromatic nitrogens is 1. The summed E-state index contributed by atoms with van der Waals surface area (Å²) in [5, 5.41) is 0.345. The Morgan fingerprint density at radius 2 is 2.00 bits per heavy atom. The first-order valence-electron chi connectivity index (χ1n) is 5.28. The quantitative estimate of drug-likeness (QED) is 0.908. The molecular weight excluding hydrogens is 352 g/mol. The molecule has 4 nitrogen and oxygen atoms in total. The number of hydrogen-bond donors (Lipinski definition) is 1. The molecule has 0 saturated heterocycles. The first-order valence-corrected chi connectivity index (χ1v) is 7.93. The third kappa shape index (κ3) is 3.46. The Hall–Kier alpha value is -1.11. The molecule has 0 fully saturated rings. The molecule has 0 bridgehead atoms. The van der Waals surface area contributed by atoms with E-state index in [-0.39, 0.29) is 4.90 Å². The monoisotopic (exact) mass is 360 g/mol. The van der Waals surface area contributed by atoms with Crippen molar-refractivity contribution in [2.45, 2.75) is 11.8 Å². The van der Waals surface area contributed by atoms with Crippen LogP contribution in [0.1, 0.15) is 5.56 Å². The average Bonchev–Trinajstić information content (AvgIpc) is 2.33. The van der Waals surface area contributed by atoms with Crippen LogP contribution in [0.5, 0.6) is 0 Å². The summed E-state index contributed by atoms with van der Waals surface area (Å²) in [6.45, 7) is 1.86. The second kappa shape index (κ2) is 5.48. The zero-order chi connectivity index (χ0) is 14.0. The van der Waals surface area contributed by atoms with Crippen molar-refractivity contribution in [3.05, 3.63) is 51.7 Å². The van der Waals surface area contributed by atoms with Gasteiger partial charge in [-0.2, -0.15) is 0 Å². The summed E-state index contributed by atoms with van der Waals surface area (Å²) in [7, 11) is -3.70. The Bertz CT molecular complexity index is 719. The Balaban J connectivity index is 2.39. The van der Waals surface area contributed by atoms with E-state index in [1.807, 2.05) is 6.92 Å². The van der Waals surface area contributed by atoms with Crippen LogP contribution in [-0.4, -0.2) is 13.4 Å². The minimum Gasteiger partial charge on any atom is -0.278 e. The van der Waals surface area contributed by atoms with E-state index in [0.29, 0.717) is 15.2 Å². The molecule has 0 atom stereocenters. The highest BCUT2D eigenvalue weighted by atomic mass is 79.9. The van der Waals surface area contributed by atoms with Crippen LogP contribution in [0.3, 0.4) is 0 Å². The highest BCUT2D eigenvalue weighted by Gasteiger charge is 2.16. The lowest BCUT2D eigenvalue weighted by Gasteiger charge is -2.10. The van der Waals surface area contributed by atoms with E-state index in [9.17, 15) is 8.42 Å². The number of halogens is 2. The first-order chi connectivity index (χ1) is 8.88. The van der Waals surface area contributed by atoms with Gasteiger partial charge < -0.3 is 0 Å². The molecule has 19 heavy (non-hydrogen) atoms. The van der Waals surface area contributed by atoms with E-state index in [1.54, 1.807) is 18.2 Å². The lowest BCUT2D eigenvalue weighted by Crippen LogP contribution is -2.13. The molecule has 0 aliphatic carbocycles. The Morgan fingerprint density at radius 1 is 1.26 bits per heavy atom. The van der Waals surface area contributed by atoms with Crippen LogP contribution in [0, 0.1) is 6.92 Å². The summed E-state index contributed by atoms with van der Waals surface area (Å²) < 4.78 is 27.4. The van der Waals surface area contributed by atoms with Crippen LogP contribution in [-0.2, 0) is 10.0 Å². The fourth-order valence-corrected chi connectivity index (χ4v) is 3.26. The van der Waals surface area contributed by atoms with Crippen LogP contribution >= 0.6 is 27.5 Å². The van der Waals surface area contributed by atoms with Crippen LogP contribution in [0.4, 0.5) is 5.69 Å². The summed E-state index contributed by atoms with van der Waals surface area (Å²) in [5.74, 6) is 0. The average molecular weight is 362 g/mol. The van der Waals surface area contributed by atoms with Gasteiger partial charge in [-0.15, -0.1) is 0 Å². The maximum atomic E-state index is 12.2. The molecule has 0 aliphatic heterocycles. The van der Waals surface area contributed by atoms with Crippen LogP contribution < -0.4 is 4.72 Å². The highest BCUT2D eigenvalue weighted by Crippen LogP contribution is 2.26. The number of aryl methyl sites for hydroxylation is 1. The number of nitrogens with zero attached hydrogens (tertiary/aromatic N) is 1. The molecule has 1 heterocycles. The van der Waals surface area contributed by atoms with E-state index in [4.69, 9.17) is 11.6 Å². The zero-order valence-corrected chi connectivity index (χ0v) is 13.1. The van der Waals surface area contributed by atoms with Crippen molar-refractivity contribution < 1.29 is 8.42 Å². The number of rotatable bonds is 3. The molecule has 1 aromatic heterocycles. The third-order valence-electron chi connectivity index (χ3n) is 2.36. The van der Waals surface area contributed by atoms with E-state index < -0.39 is 10.0 Å². The maximum Gasteiger partial charge on any atom is 0.263 e. The molecule has 100 valence electrons. The highest BCUT2D eigenvalue weighted by molar-refractivity contribution is 9.10. The minimum atomic E-state index is -3.70. The van der Waals surface area contributed by atoms with Gasteiger partial charge in [0.15, 0.2) is 0 Å². The van der Waals surface area contributed by atoms with Crippen LogP contribution in [0.15, 0.2) is 46.0 Å². The van der Waals surface area contributed by atoms with Crippen molar-refractivity contribution in [1.82, 2.24) is 4.98 Å². The van der Waals surface area contributed by atoms with Crippen LogP contribution in [0.2, 0.25) is 5.02 Å². The van der Waals surface area contributed by atoms with E-state index in [0.717, 1.165) is 5.56 Å². The van der Waals surface area contributed by atoms with E-state index >= 15 is 0 Å². The molecule has 1 N–H and O–H groups in total. The van der Waals surface area contributed by atoms with Crippen LogP contribution in [0.25, 0.3) is 0 Å².